The third-order valence-electron chi connectivity index (χ3n) is 5.68. The van der Waals surface area contributed by atoms with Crippen LogP contribution in [0.25, 0.3) is 17.3 Å². The molecule has 2 unspecified atom stereocenters. The molecule has 1 N–H and O–H groups in total. The Labute approximate surface area is 175 Å². The Balaban J connectivity index is 1.55. The summed E-state index contributed by atoms with van der Waals surface area (Å²) in [5.41, 5.74) is 3.15. The molecule has 0 radical (unpaired) electrons. The summed E-state index contributed by atoms with van der Waals surface area (Å²) in [5, 5.41) is 7.25. The zero-order chi connectivity index (χ0) is 20.3. The van der Waals surface area contributed by atoms with Gasteiger partial charge in [-0.05, 0) is 19.1 Å². The Morgan fingerprint density at radius 1 is 1.20 bits per heavy atom. The first-order valence-corrected chi connectivity index (χ1v) is 10.6. The summed E-state index contributed by atoms with van der Waals surface area (Å²) < 4.78 is 8.64. The van der Waals surface area contributed by atoms with E-state index in [-0.39, 0.29) is 11.6 Å². The smallest absolute Gasteiger partial charge is 0.270 e. The highest BCUT2D eigenvalue weighted by Gasteiger charge is 2.42. The molecular formula is C23H18N4O2S. The van der Waals surface area contributed by atoms with Crippen LogP contribution in [-0.2, 0) is 0 Å². The highest BCUT2D eigenvalue weighted by Crippen LogP contribution is 2.42. The molecule has 2 aromatic heterocycles. The number of ether oxygens (including phenoxy) is 1. The van der Waals surface area contributed by atoms with Crippen molar-refractivity contribution >= 4 is 17.4 Å². The lowest BCUT2D eigenvalue weighted by Crippen LogP contribution is -2.49. The average Bonchev–Trinajstić information content (AvgIpc) is 3.33. The Morgan fingerprint density at radius 2 is 2.00 bits per heavy atom. The van der Waals surface area contributed by atoms with E-state index in [0.717, 1.165) is 28.1 Å². The van der Waals surface area contributed by atoms with Crippen LogP contribution in [0.1, 0.15) is 30.5 Å². The molecule has 2 aromatic carbocycles. The Kier molecular flexibility index (Phi) is 3.64. The molecule has 0 saturated carbocycles. The molecule has 0 amide bonds. The Morgan fingerprint density at radius 3 is 2.87 bits per heavy atom. The Bertz CT molecular complexity index is 1450. The van der Waals surface area contributed by atoms with Gasteiger partial charge in [-0.2, -0.15) is 5.10 Å². The number of H-pyrrole nitrogens is 1. The van der Waals surface area contributed by atoms with Crippen LogP contribution in [0.2, 0.25) is 0 Å². The minimum absolute atomic E-state index is 0.0253. The van der Waals surface area contributed by atoms with Crippen LogP contribution in [0.5, 0.6) is 5.75 Å². The first-order valence-electron chi connectivity index (χ1n) is 9.81. The van der Waals surface area contributed by atoms with Crippen molar-refractivity contribution in [1.29, 1.82) is 0 Å². The fourth-order valence-electron chi connectivity index (χ4n) is 4.32. The van der Waals surface area contributed by atoms with E-state index in [2.05, 4.69) is 10.2 Å². The van der Waals surface area contributed by atoms with Gasteiger partial charge in [0, 0.05) is 23.1 Å². The first kappa shape index (κ1) is 17.4. The molecule has 2 aliphatic rings. The van der Waals surface area contributed by atoms with Gasteiger partial charge in [-0.15, -0.1) is 0 Å². The minimum Gasteiger partial charge on any atom is -0.466 e. The lowest BCUT2D eigenvalue weighted by molar-refractivity contribution is 0.0410. The van der Waals surface area contributed by atoms with Crippen LogP contribution in [0.3, 0.4) is 0 Å². The largest absolute Gasteiger partial charge is 0.466 e. The van der Waals surface area contributed by atoms with Gasteiger partial charge in [-0.25, -0.2) is 4.99 Å². The number of thiazole rings is 1. The van der Waals surface area contributed by atoms with E-state index in [1.165, 1.54) is 11.3 Å². The minimum atomic E-state index is -0.654. The SMILES string of the molecule is CC12CC(c3ccccc3O1)n1c(s/c(=C\c3cn[nH]c3-c3ccccc3)c1=O)=N2. The van der Waals surface area contributed by atoms with Crippen molar-refractivity contribution in [3.8, 4) is 17.0 Å². The summed E-state index contributed by atoms with van der Waals surface area (Å²) in [6.07, 6.45) is 4.30. The average molecular weight is 414 g/mol. The molecule has 0 saturated heterocycles. The predicted molar refractivity (Wildman–Crippen MR) is 115 cm³/mol. The number of aromatic nitrogens is 3. The van der Waals surface area contributed by atoms with E-state index < -0.39 is 5.72 Å². The van der Waals surface area contributed by atoms with Crippen LogP contribution >= 0.6 is 11.3 Å². The lowest BCUT2D eigenvalue weighted by Gasteiger charge is -2.39. The molecule has 6 rings (SSSR count). The van der Waals surface area contributed by atoms with Crippen molar-refractivity contribution < 1.29 is 4.74 Å². The molecule has 0 spiro atoms. The van der Waals surface area contributed by atoms with Crippen molar-refractivity contribution in [3.63, 3.8) is 0 Å². The van der Waals surface area contributed by atoms with Gasteiger partial charge < -0.3 is 4.74 Å². The summed E-state index contributed by atoms with van der Waals surface area (Å²) in [6.45, 7) is 1.98. The van der Waals surface area contributed by atoms with Crippen molar-refractivity contribution in [2.24, 2.45) is 4.99 Å². The van der Waals surface area contributed by atoms with E-state index >= 15 is 0 Å². The number of nitrogens with zero attached hydrogens (tertiary/aromatic N) is 3. The topological polar surface area (TPSA) is 72.3 Å². The number of hydrogen-bond acceptors (Lipinski definition) is 5. The van der Waals surface area contributed by atoms with E-state index in [0.29, 0.717) is 15.8 Å². The molecule has 2 bridgehead atoms. The van der Waals surface area contributed by atoms with Crippen molar-refractivity contribution in [1.82, 2.24) is 14.8 Å². The van der Waals surface area contributed by atoms with E-state index in [1.54, 1.807) is 6.20 Å². The number of aromatic amines is 1. The number of rotatable bonds is 2. The summed E-state index contributed by atoms with van der Waals surface area (Å²) in [4.78, 5) is 18.9. The van der Waals surface area contributed by atoms with E-state index in [1.807, 2.05) is 72.2 Å². The van der Waals surface area contributed by atoms with Crippen molar-refractivity contribution in [3.05, 3.63) is 91.6 Å². The van der Waals surface area contributed by atoms with Crippen molar-refractivity contribution in [2.45, 2.75) is 25.1 Å². The summed E-state index contributed by atoms with van der Waals surface area (Å²) in [5.74, 6) is 0.801. The van der Waals surface area contributed by atoms with Gasteiger partial charge in [0.2, 0.25) is 5.72 Å². The number of nitrogens with one attached hydrogen (secondary N) is 1. The molecule has 0 aliphatic carbocycles. The molecule has 4 heterocycles. The van der Waals surface area contributed by atoms with Crippen LogP contribution in [0.15, 0.2) is 70.6 Å². The van der Waals surface area contributed by atoms with E-state index in [9.17, 15) is 4.79 Å². The molecular weight excluding hydrogens is 396 g/mol. The third kappa shape index (κ3) is 2.59. The monoisotopic (exact) mass is 414 g/mol. The molecule has 148 valence electrons. The maximum atomic E-state index is 13.4. The van der Waals surface area contributed by atoms with Gasteiger partial charge in [0.15, 0.2) is 4.80 Å². The van der Waals surface area contributed by atoms with Gasteiger partial charge in [-0.3, -0.25) is 14.5 Å². The zero-order valence-corrected chi connectivity index (χ0v) is 17.0. The molecule has 6 nitrogen and oxygen atoms in total. The molecule has 7 heteroatoms. The second kappa shape index (κ2) is 6.27. The second-order valence-electron chi connectivity index (χ2n) is 7.78. The van der Waals surface area contributed by atoms with Crippen LogP contribution in [0, 0.1) is 0 Å². The maximum absolute atomic E-state index is 13.4. The zero-order valence-electron chi connectivity index (χ0n) is 16.2. The predicted octanol–water partition coefficient (Wildman–Crippen LogP) is 2.85. The maximum Gasteiger partial charge on any atom is 0.270 e. The second-order valence-corrected chi connectivity index (χ2v) is 8.79. The summed E-state index contributed by atoms with van der Waals surface area (Å²) in [6, 6.07) is 17.8. The number of fused-ring (bicyclic) bond motifs is 6. The van der Waals surface area contributed by atoms with Gasteiger partial charge in [-0.1, -0.05) is 59.9 Å². The molecule has 30 heavy (non-hydrogen) atoms. The fourth-order valence-corrected chi connectivity index (χ4v) is 5.43. The van der Waals surface area contributed by atoms with E-state index in [4.69, 9.17) is 9.73 Å². The number of para-hydroxylation sites is 1. The van der Waals surface area contributed by atoms with Crippen LogP contribution < -0.4 is 19.6 Å². The normalized spacial score (nSPS) is 22.0. The van der Waals surface area contributed by atoms with Gasteiger partial charge in [0.05, 0.1) is 22.5 Å². The van der Waals surface area contributed by atoms with Crippen LogP contribution in [0.4, 0.5) is 0 Å². The van der Waals surface area contributed by atoms with Crippen LogP contribution in [-0.4, -0.2) is 20.5 Å². The number of benzene rings is 2. The standard InChI is InChI=1S/C23H18N4O2S/c1-23-12-17(16-9-5-6-10-18(16)29-23)27-21(28)19(30-22(27)25-23)11-15-13-24-26-20(15)14-7-3-2-4-8-14/h2-11,13,17H,12H2,1H3,(H,24,26)/b19-11-. The summed E-state index contributed by atoms with van der Waals surface area (Å²) in [7, 11) is 0. The van der Waals surface area contributed by atoms with Gasteiger partial charge in [0.25, 0.3) is 5.56 Å². The summed E-state index contributed by atoms with van der Waals surface area (Å²) >= 11 is 1.40. The molecule has 4 aromatic rings. The number of hydrogen-bond donors (Lipinski definition) is 1. The van der Waals surface area contributed by atoms with Gasteiger partial charge >= 0.3 is 0 Å². The highest BCUT2D eigenvalue weighted by atomic mass is 32.1. The molecule has 2 aliphatic heterocycles. The first-order chi connectivity index (χ1) is 14.6. The fraction of sp³-hybridized carbons (Fsp3) is 0.174. The highest BCUT2D eigenvalue weighted by molar-refractivity contribution is 7.07. The molecule has 0 fully saturated rings. The van der Waals surface area contributed by atoms with Gasteiger partial charge in [0.1, 0.15) is 5.75 Å². The third-order valence-corrected chi connectivity index (χ3v) is 6.66. The Hall–Kier alpha value is -3.45. The quantitative estimate of drug-likeness (QED) is 0.548. The van der Waals surface area contributed by atoms with Crippen molar-refractivity contribution in [2.75, 3.05) is 0 Å². The lowest BCUT2D eigenvalue weighted by atomic mass is 9.93. The molecule has 2 atom stereocenters.